The highest BCUT2D eigenvalue weighted by molar-refractivity contribution is 7.71. The predicted octanol–water partition coefficient (Wildman–Crippen LogP) is 4.21. The first-order valence-corrected chi connectivity index (χ1v) is 12.1. The lowest BCUT2D eigenvalue weighted by atomic mass is 10.3. The molecule has 0 unspecified atom stereocenters. The second-order valence-electron chi connectivity index (χ2n) is 8.06. The SMILES string of the molecule is COc1ccccc1-n1c(-c2cccs2)nn(CN2CCN(Cc3cc(C)no3)CC2)c1=S. The molecule has 172 valence electrons. The second-order valence-corrected chi connectivity index (χ2v) is 9.37. The van der Waals surface area contributed by atoms with Gasteiger partial charge >= 0.3 is 0 Å². The second kappa shape index (κ2) is 9.60. The Kier molecular flexibility index (Phi) is 6.41. The summed E-state index contributed by atoms with van der Waals surface area (Å²) in [5.74, 6) is 2.51. The van der Waals surface area contributed by atoms with Crippen molar-refractivity contribution >= 4 is 23.6 Å². The quantitative estimate of drug-likeness (QED) is 0.366. The summed E-state index contributed by atoms with van der Waals surface area (Å²) in [6, 6.07) is 14.0. The molecule has 3 aromatic heterocycles. The van der Waals surface area contributed by atoms with Gasteiger partial charge in [0.2, 0.25) is 4.77 Å². The largest absolute Gasteiger partial charge is 0.495 e. The van der Waals surface area contributed by atoms with Crippen LogP contribution < -0.4 is 4.74 Å². The molecule has 0 N–H and O–H groups in total. The van der Waals surface area contributed by atoms with Gasteiger partial charge in [0, 0.05) is 32.2 Å². The molecule has 0 spiro atoms. The number of piperazine rings is 1. The van der Waals surface area contributed by atoms with E-state index in [9.17, 15) is 0 Å². The number of methoxy groups -OCH3 is 1. The van der Waals surface area contributed by atoms with E-state index in [2.05, 4.69) is 26.4 Å². The molecule has 33 heavy (non-hydrogen) atoms. The maximum absolute atomic E-state index is 5.91. The molecular weight excluding hydrogens is 456 g/mol. The van der Waals surface area contributed by atoms with Crippen LogP contribution in [0.5, 0.6) is 5.75 Å². The first kappa shape index (κ1) is 22.0. The van der Waals surface area contributed by atoms with E-state index < -0.39 is 0 Å². The summed E-state index contributed by atoms with van der Waals surface area (Å²) >= 11 is 7.56. The van der Waals surface area contributed by atoms with Gasteiger partial charge in [0.05, 0.1) is 36.6 Å². The van der Waals surface area contributed by atoms with Gasteiger partial charge in [0.15, 0.2) is 11.6 Å². The number of nitrogens with zero attached hydrogens (tertiary/aromatic N) is 6. The molecule has 0 aliphatic carbocycles. The zero-order valence-electron chi connectivity index (χ0n) is 18.7. The number of thiophene rings is 1. The van der Waals surface area contributed by atoms with Gasteiger partial charge in [-0.05, 0) is 42.7 Å². The molecule has 0 radical (unpaired) electrons. The van der Waals surface area contributed by atoms with Gasteiger partial charge in [-0.1, -0.05) is 23.4 Å². The van der Waals surface area contributed by atoms with Crippen molar-refractivity contribution in [3.05, 3.63) is 64.1 Å². The summed E-state index contributed by atoms with van der Waals surface area (Å²) < 4.78 is 15.6. The molecule has 0 atom stereocenters. The highest BCUT2D eigenvalue weighted by Gasteiger charge is 2.22. The van der Waals surface area contributed by atoms with Gasteiger partial charge in [-0.25, -0.2) is 4.68 Å². The predicted molar refractivity (Wildman–Crippen MR) is 130 cm³/mol. The van der Waals surface area contributed by atoms with E-state index >= 15 is 0 Å². The Morgan fingerprint density at radius 1 is 1.09 bits per heavy atom. The zero-order chi connectivity index (χ0) is 22.8. The molecular formula is C23H26N6O2S2. The molecule has 1 saturated heterocycles. The lowest BCUT2D eigenvalue weighted by molar-refractivity contribution is 0.0921. The van der Waals surface area contributed by atoms with Crippen molar-refractivity contribution in [2.75, 3.05) is 33.3 Å². The molecule has 1 aliphatic rings. The normalized spacial score (nSPS) is 15.2. The maximum atomic E-state index is 5.91. The van der Waals surface area contributed by atoms with Gasteiger partial charge in [0.1, 0.15) is 5.75 Å². The molecule has 0 bridgehead atoms. The van der Waals surface area contributed by atoms with E-state index in [0.29, 0.717) is 11.4 Å². The van der Waals surface area contributed by atoms with E-state index in [-0.39, 0.29) is 0 Å². The molecule has 8 nitrogen and oxygen atoms in total. The Labute approximate surface area is 201 Å². The minimum absolute atomic E-state index is 0.647. The number of hydrogen-bond donors (Lipinski definition) is 0. The zero-order valence-corrected chi connectivity index (χ0v) is 20.3. The van der Waals surface area contributed by atoms with E-state index in [4.69, 9.17) is 26.6 Å². The number of para-hydroxylation sites is 2. The van der Waals surface area contributed by atoms with Crippen molar-refractivity contribution < 1.29 is 9.26 Å². The van der Waals surface area contributed by atoms with Crippen LogP contribution in [0.2, 0.25) is 0 Å². The van der Waals surface area contributed by atoms with Crippen LogP contribution in [0.3, 0.4) is 0 Å². The van der Waals surface area contributed by atoms with Gasteiger partial charge in [0.25, 0.3) is 0 Å². The summed E-state index contributed by atoms with van der Waals surface area (Å²) in [4.78, 5) is 5.84. The lowest BCUT2D eigenvalue weighted by Gasteiger charge is -2.33. The van der Waals surface area contributed by atoms with Crippen molar-refractivity contribution in [3.63, 3.8) is 0 Å². The smallest absolute Gasteiger partial charge is 0.204 e. The van der Waals surface area contributed by atoms with Crippen LogP contribution in [0.1, 0.15) is 11.5 Å². The Balaban J connectivity index is 1.37. The number of hydrogen-bond acceptors (Lipinski definition) is 8. The fourth-order valence-corrected chi connectivity index (χ4v) is 5.07. The van der Waals surface area contributed by atoms with Gasteiger partial charge in [-0.3, -0.25) is 14.4 Å². The molecule has 1 fully saturated rings. The molecule has 10 heteroatoms. The highest BCUT2D eigenvalue weighted by Crippen LogP contribution is 2.30. The molecule has 4 heterocycles. The molecule has 1 aromatic carbocycles. The Hall–Kier alpha value is -2.79. The van der Waals surface area contributed by atoms with Crippen LogP contribution in [0, 0.1) is 11.7 Å². The average molecular weight is 483 g/mol. The minimum Gasteiger partial charge on any atom is -0.495 e. The van der Waals surface area contributed by atoms with Gasteiger partial charge in [-0.2, -0.15) is 0 Å². The number of aryl methyl sites for hydroxylation is 1. The van der Waals surface area contributed by atoms with Crippen molar-refractivity contribution in [1.82, 2.24) is 29.3 Å². The molecule has 0 amide bonds. The third kappa shape index (κ3) is 4.65. The molecule has 0 saturated carbocycles. The first-order valence-electron chi connectivity index (χ1n) is 10.9. The average Bonchev–Trinajstić information content (AvgIpc) is 3.57. The van der Waals surface area contributed by atoms with Crippen molar-refractivity contribution in [2.45, 2.75) is 20.1 Å². The minimum atomic E-state index is 0.647. The van der Waals surface area contributed by atoms with Gasteiger partial charge < -0.3 is 9.26 Å². The van der Waals surface area contributed by atoms with Crippen LogP contribution in [0.15, 0.2) is 52.4 Å². The summed E-state index contributed by atoms with van der Waals surface area (Å²) in [6.07, 6.45) is 0. The van der Waals surface area contributed by atoms with Crippen LogP contribution in [0.25, 0.3) is 16.4 Å². The van der Waals surface area contributed by atoms with Crippen molar-refractivity contribution in [2.24, 2.45) is 0 Å². The third-order valence-electron chi connectivity index (χ3n) is 5.76. The summed E-state index contributed by atoms with van der Waals surface area (Å²) in [7, 11) is 1.68. The number of ether oxygens (including phenoxy) is 1. The molecule has 5 rings (SSSR count). The summed E-state index contributed by atoms with van der Waals surface area (Å²) in [5, 5.41) is 11.0. The number of benzene rings is 1. The number of aromatic nitrogens is 4. The van der Waals surface area contributed by atoms with Crippen LogP contribution in [-0.4, -0.2) is 62.6 Å². The van der Waals surface area contributed by atoms with Crippen LogP contribution in [-0.2, 0) is 13.2 Å². The number of rotatable bonds is 7. The Morgan fingerprint density at radius 2 is 1.88 bits per heavy atom. The highest BCUT2D eigenvalue weighted by atomic mass is 32.1. The fourth-order valence-electron chi connectivity index (χ4n) is 4.09. The summed E-state index contributed by atoms with van der Waals surface area (Å²) in [6.45, 7) is 7.17. The topological polar surface area (TPSA) is 64.5 Å². The van der Waals surface area contributed by atoms with Crippen molar-refractivity contribution in [3.8, 4) is 22.1 Å². The lowest BCUT2D eigenvalue weighted by Crippen LogP contribution is -2.46. The molecule has 4 aromatic rings. The Morgan fingerprint density at radius 3 is 2.58 bits per heavy atom. The van der Waals surface area contributed by atoms with E-state index in [1.807, 2.05) is 52.6 Å². The maximum Gasteiger partial charge on any atom is 0.204 e. The van der Waals surface area contributed by atoms with E-state index in [1.165, 1.54) is 0 Å². The van der Waals surface area contributed by atoms with Gasteiger partial charge in [-0.15, -0.1) is 16.4 Å². The van der Waals surface area contributed by atoms with Crippen LogP contribution in [0.4, 0.5) is 0 Å². The van der Waals surface area contributed by atoms with E-state index in [1.54, 1.807) is 18.4 Å². The van der Waals surface area contributed by atoms with E-state index in [0.717, 1.165) is 66.3 Å². The first-order chi connectivity index (χ1) is 16.1. The monoisotopic (exact) mass is 482 g/mol. The fraction of sp³-hybridized carbons (Fsp3) is 0.348. The van der Waals surface area contributed by atoms with Crippen molar-refractivity contribution in [1.29, 1.82) is 0 Å². The molecule has 1 aliphatic heterocycles. The Bertz CT molecular complexity index is 1270. The van der Waals surface area contributed by atoms with Crippen LogP contribution >= 0.6 is 23.6 Å². The standard InChI is InChI=1S/C23H26N6O2S2/c1-17-14-18(31-25-17)15-26-9-11-27(12-10-26)16-28-23(32)29(19-6-3-4-7-20(19)30-2)22(24-28)21-8-5-13-33-21/h3-8,13-14H,9-12,15-16H2,1-2H3. The third-order valence-corrected chi connectivity index (χ3v) is 7.02. The summed E-state index contributed by atoms with van der Waals surface area (Å²) in [5.41, 5.74) is 1.82.